The van der Waals surface area contributed by atoms with Crippen molar-refractivity contribution in [1.82, 2.24) is 9.97 Å². The Bertz CT molecular complexity index is 587. The van der Waals surface area contributed by atoms with Crippen LogP contribution in [0.15, 0.2) is 41.1 Å². The van der Waals surface area contributed by atoms with Gasteiger partial charge in [0, 0.05) is 23.8 Å². The molecule has 0 radical (unpaired) electrons. The summed E-state index contributed by atoms with van der Waals surface area (Å²) in [5, 5.41) is 2.71. The van der Waals surface area contributed by atoms with Crippen molar-refractivity contribution >= 4 is 27.5 Å². The molecule has 2 aromatic heterocycles. The van der Waals surface area contributed by atoms with Crippen LogP contribution in [0.4, 0.5) is 5.69 Å². The Labute approximate surface area is 130 Å². The van der Waals surface area contributed by atoms with Crippen LogP contribution < -0.4 is 10.1 Å². The molecule has 6 nitrogen and oxygen atoms in total. The standard InChI is InChI=1S/C14H14BrN3O3/c1-20-6-7-21-13-5-3-11(9-17-13)18-14(19)12-4-2-10(15)8-16-12/h2-5,8-9H,6-7H2,1H3,(H,18,19). The molecule has 2 heterocycles. The van der Waals surface area contributed by atoms with Crippen molar-refractivity contribution in [1.29, 1.82) is 0 Å². The summed E-state index contributed by atoms with van der Waals surface area (Å²) in [6.45, 7) is 0.924. The Kier molecular flexibility index (Phi) is 5.65. The highest BCUT2D eigenvalue weighted by Gasteiger charge is 2.07. The first-order valence-electron chi connectivity index (χ1n) is 6.20. The summed E-state index contributed by atoms with van der Waals surface area (Å²) in [5.74, 6) is 0.184. The maximum Gasteiger partial charge on any atom is 0.274 e. The number of carbonyl (C=O) groups excluding carboxylic acids is 1. The van der Waals surface area contributed by atoms with E-state index in [0.717, 1.165) is 4.47 Å². The summed E-state index contributed by atoms with van der Waals surface area (Å²) in [5.41, 5.74) is 0.905. The molecule has 2 aromatic rings. The SMILES string of the molecule is COCCOc1ccc(NC(=O)c2ccc(Br)cn2)cn1. The van der Waals surface area contributed by atoms with Crippen LogP contribution in [0.5, 0.6) is 5.88 Å². The van der Waals surface area contributed by atoms with Gasteiger partial charge >= 0.3 is 0 Å². The number of hydrogen-bond acceptors (Lipinski definition) is 5. The molecule has 0 saturated heterocycles. The molecule has 0 aliphatic carbocycles. The van der Waals surface area contributed by atoms with Gasteiger partial charge in [0.25, 0.3) is 5.91 Å². The monoisotopic (exact) mass is 351 g/mol. The van der Waals surface area contributed by atoms with E-state index in [9.17, 15) is 4.79 Å². The first-order chi connectivity index (χ1) is 10.2. The Balaban J connectivity index is 1.93. The molecule has 0 atom stereocenters. The van der Waals surface area contributed by atoms with Crippen LogP contribution in [-0.2, 0) is 4.74 Å². The van der Waals surface area contributed by atoms with E-state index < -0.39 is 0 Å². The zero-order valence-corrected chi connectivity index (χ0v) is 13.0. The molecule has 7 heteroatoms. The molecule has 0 fully saturated rings. The van der Waals surface area contributed by atoms with Gasteiger partial charge in [-0.2, -0.15) is 0 Å². The Hall–Kier alpha value is -1.99. The lowest BCUT2D eigenvalue weighted by Gasteiger charge is -2.07. The number of methoxy groups -OCH3 is 1. The number of rotatable bonds is 6. The molecule has 110 valence electrons. The zero-order valence-electron chi connectivity index (χ0n) is 11.4. The number of ether oxygens (including phenoxy) is 2. The lowest BCUT2D eigenvalue weighted by atomic mass is 10.3. The van der Waals surface area contributed by atoms with Gasteiger partial charge in [-0.3, -0.25) is 4.79 Å². The van der Waals surface area contributed by atoms with E-state index in [0.29, 0.717) is 30.5 Å². The van der Waals surface area contributed by atoms with Crippen molar-refractivity contribution in [3.8, 4) is 5.88 Å². The summed E-state index contributed by atoms with van der Waals surface area (Å²) >= 11 is 3.27. The van der Waals surface area contributed by atoms with E-state index in [1.54, 1.807) is 37.6 Å². The predicted octanol–water partition coefficient (Wildman–Crippen LogP) is 2.52. The van der Waals surface area contributed by atoms with E-state index in [-0.39, 0.29) is 5.91 Å². The average molecular weight is 352 g/mol. The largest absolute Gasteiger partial charge is 0.475 e. The lowest BCUT2D eigenvalue weighted by molar-refractivity contribution is 0.102. The van der Waals surface area contributed by atoms with Gasteiger partial charge in [-0.1, -0.05) is 0 Å². The fourth-order valence-corrected chi connectivity index (χ4v) is 1.71. The van der Waals surface area contributed by atoms with Gasteiger partial charge in [-0.05, 0) is 34.1 Å². The van der Waals surface area contributed by atoms with Crippen LogP contribution >= 0.6 is 15.9 Å². The molecule has 0 aliphatic heterocycles. The third-order valence-corrected chi connectivity index (χ3v) is 2.96. The van der Waals surface area contributed by atoms with Gasteiger partial charge in [-0.25, -0.2) is 9.97 Å². The van der Waals surface area contributed by atoms with Crippen LogP contribution in [0.25, 0.3) is 0 Å². The quantitative estimate of drug-likeness (QED) is 0.809. The van der Waals surface area contributed by atoms with Crippen LogP contribution in [-0.4, -0.2) is 36.2 Å². The van der Waals surface area contributed by atoms with Gasteiger partial charge in [0.1, 0.15) is 12.3 Å². The number of hydrogen-bond donors (Lipinski definition) is 1. The maximum atomic E-state index is 12.0. The van der Waals surface area contributed by atoms with Crippen LogP contribution in [0, 0.1) is 0 Å². The number of carbonyl (C=O) groups is 1. The third kappa shape index (κ3) is 4.80. The number of nitrogens with one attached hydrogen (secondary N) is 1. The second-order valence-corrected chi connectivity index (χ2v) is 4.96. The minimum atomic E-state index is -0.294. The van der Waals surface area contributed by atoms with Crippen molar-refractivity contribution < 1.29 is 14.3 Å². The number of nitrogens with zero attached hydrogens (tertiary/aromatic N) is 2. The summed E-state index contributed by atoms with van der Waals surface area (Å²) in [6.07, 6.45) is 3.10. The predicted molar refractivity (Wildman–Crippen MR) is 81.5 cm³/mol. The highest BCUT2D eigenvalue weighted by atomic mass is 79.9. The van der Waals surface area contributed by atoms with Gasteiger partial charge in [-0.15, -0.1) is 0 Å². The molecule has 0 spiro atoms. The first kappa shape index (κ1) is 15.4. The highest BCUT2D eigenvalue weighted by molar-refractivity contribution is 9.10. The smallest absolute Gasteiger partial charge is 0.274 e. The topological polar surface area (TPSA) is 73.3 Å². The fourth-order valence-electron chi connectivity index (χ4n) is 1.47. The van der Waals surface area contributed by atoms with E-state index >= 15 is 0 Å². The first-order valence-corrected chi connectivity index (χ1v) is 6.99. The molecule has 0 bridgehead atoms. The van der Waals surface area contributed by atoms with Gasteiger partial charge in [0.15, 0.2) is 0 Å². The second kappa shape index (κ2) is 7.70. The molecule has 0 unspecified atom stereocenters. The molecule has 2 rings (SSSR count). The van der Waals surface area contributed by atoms with Crippen LogP contribution in [0.3, 0.4) is 0 Å². The number of amides is 1. The summed E-state index contributed by atoms with van der Waals surface area (Å²) in [6, 6.07) is 6.79. The molecule has 1 amide bonds. The van der Waals surface area contributed by atoms with Crippen molar-refractivity contribution in [3.63, 3.8) is 0 Å². The minimum Gasteiger partial charge on any atom is -0.475 e. The number of pyridine rings is 2. The van der Waals surface area contributed by atoms with Crippen molar-refractivity contribution in [3.05, 3.63) is 46.8 Å². The van der Waals surface area contributed by atoms with E-state index in [2.05, 4.69) is 31.2 Å². The molecule has 1 N–H and O–H groups in total. The summed E-state index contributed by atoms with van der Waals surface area (Å²) in [4.78, 5) is 20.1. The molecule has 0 aromatic carbocycles. The lowest BCUT2D eigenvalue weighted by Crippen LogP contribution is -2.13. The molecule has 0 saturated carbocycles. The molecular formula is C14H14BrN3O3. The van der Waals surface area contributed by atoms with E-state index in [4.69, 9.17) is 9.47 Å². The van der Waals surface area contributed by atoms with Gasteiger partial charge < -0.3 is 14.8 Å². The Morgan fingerprint density at radius 1 is 1.19 bits per heavy atom. The second-order valence-electron chi connectivity index (χ2n) is 4.04. The van der Waals surface area contributed by atoms with Crippen molar-refractivity contribution in [2.75, 3.05) is 25.6 Å². The van der Waals surface area contributed by atoms with E-state index in [1.165, 1.54) is 6.20 Å². The van der Waals surface area contributed by atoms with Crippen molar-refractivity contribution in [2.24, 2.45) is 0 Å². The average Bonchev–Trinajstić information content (AvgIpc) is 2.50. The zero-order chi connectivity index (χ0) is 15.1. The van der Waals surface area contributed by atoms with Gasteiger partial charge in [0.05, 0.1) is 18.5 Å². The normalized spacial score (nSPS) is 10.2. The number of aromatic nitrogens is 2. The highest BCUT2D eigenvalue weighted by Crippen LogP contribution is 2.13. The third-order valence-electron chi connectivity index (χ3n) is 2.49. The minimum absolute atomic E-state index is 0.294. The Morgan fingerprint density at radius 2 is 2.05 bits per heavy atom. The van der Waals surface area contributed by atoms with E-state index in [1.807, 2.05) is 0 Å². The summed E-state index contributed by atoms with van der Waals surface area (Å²) < 4.78 is 11.0. The summed E-state index contributed by atoms with van der Waals surface area (Å²) in [7, 11) is 1.60. The van der Waals surface area contributed by atoms with Crippen LogP contribution in [0.1, 0.15) is 10.5 Å². The van der Waals surface area contributed by atoms with Crippen LogP contribution in [0.2, 0.25) is 0 Å². The number of halogens is 1. The maximum absolute atomic E-state index is 12.0. The molecular weight excluding hydrogens is 338 g/mol. The fraction of sp³-hybridized carbons (Fsp3) is 0.214. The molecule has 0 aliphatic rings. The number of anilines is 1. The Morgan fingerprint density at radius 3 is 2.67 bits per heavy atom. The molecule has 21 heavy (non-hydrogen) atoms. The van der Waals surface area contributed by atoms with Crippen molar-refractivity contribution in [2.45, 2.75) is 0 Å². The van der Waals surface area contributed by atoms with Gasteiger partial charge in [0.2, 0.25) is 5.88 Å².